The Bertz CT molecular complexity index is 2050. The van der Waals surface area contributed by atoms with Gasteiger partial charge in [0.05, 0.1) is 33.6 Å². The van der Waals surface area contributed by atoms with E-state index in [-0.39, 0.29) is 29.5 Å². The van der Waals surface area contributed by atoms with Crippen LogP contribution in [-0.2, 0) is 6.61 Å². The summed E-state index contributed by atoms with van der Waals surface area (Å²) in [7, 11) is 1.62. The number of aryl methyl sites for hydroxylation is 1. The van der Waals surface area contributed by atoms with Crippen molar-refractivity contribution in [3.63, 3.8) is 0 Å². The highest BCUT2D eigenvalue weighted by atomic mass is 79.9. The van der Waals surface area contributed by atoms with Crippen molar-refractivity contribution >= 4 is 61.9 Å². The average molecular weight is 710 g/mol. The summed E-state index contributed by atoms with van der Waals surface area (Å²) < 4.78 is 13.0. The number of nitro benzene ring substituents is 1. The quantitative estimate of drug-likeness (QED) is 0.0859. The SMILES string of the molecule is COc1cc(C)c(-c2nc3ccccc3c(=O)n2N=Cc2cc(Br)c(OCc3ccc(Cl)cc3Cl)c([N+](=O)[O-])c2)cc1C(C)C. The summed E-state index contributed by atoms with van der Waals surface area (Å²) in [4.78, 5) is 30.1. The normalized spacial score (nSPS) is 11.5. The fourth-order valence-electron chi connectivity index (χ4n) is 4.84. The Labute approximate surface area is 277 Å². The Balaban J connectivity index is 1.61. The number of ether oxygens (including phenoxy) is 2. The van der Waals surface area contributed by atoms with Gasteiger partial charge in [-0.15, -0.1) is 0 Å². The fraction of sp³-hybridized carbons (Fsp3) is 0.182. The van der Waals surface area contributed by atoms with Gasteiger partial charge in [-0.05, 0) is 82.4 Å². The predicted octanol–water partition coefficient (Wildman–Crippen LogP) is 8.94. The van der Waals surface area contributed by atoms with Gasteiger partial charge in [0.15, 0.2) is 5.82 Å². The third-order valence-corrected chi connectivity index (χ3v) is 8.32. The maximum absolute atomic E-state index is 13.8. The van der Waals surface area contributed by atoms with Crippen molar-refractivity contribution < 1.29 is 14.4 Å². The van der Waals surface area contributed by atoms with Crippen LogP contribution in [-0.4, -0.2) is 27.9 Å². The summed E-state index contributed by atoms with van der Waals surface area (Å²) in [5.41, 5.74) is 3.29. The molecule has 0 aliphatic rings. The van der Waals surface area contributed by atoms with Crippen molar-refractivity contribution in [3.05, 3.63) is 124 Å². The summed E-state index contributed by atoms with van der Waals surface area (Å²) in [6, 6.07) is 18.7. The van der Waals surface area contributed by atoms with Gasteiger partial charge in [0, 0.05) is 32.8 Å². The van der Waals surface area contributed by atoms with Crippen molar-refractivity contribution in [3.8, 4) is 22.9 Å². The Morgan fingerprint density at radius 3 is 2.56 bits per heavy atom. The highest BCUT2D eigenvalue weighted by Crippen LogP contribution is 2.38. The van der Waals surface area contributed by atoms with Gasteiger partial charge in [-0.1, -0.05) is 55.2 Å². The second kappa shape index (κ2) is 13.4. The van der Waals surface area contributed by atoms with Gasteiger partial charge in [-0.2, -0.15) is 9.78 Å². The summed E-state index contributed by atoms with van der Waals surface area (Å²) >= 11 is 15.6. The lowest BCUT2D eigenvalue weighted by molar-refractivity contribution is -0.386. The van der Waals surface area contributed by atoms with Gasteiger partial charge in [0.25, 0.3) is 5.56 Å². The Kier molecular flexibility index (Phi) is 9.57. The maximum atomic E-state index is 13.8. The Morgan fingerprint density at radius 2 is 1.87 bits per heavy atom. The number of nitrogens with zero attached hydrogens (tertiary/aromatic N) is 4. The van der Waals surface area contributed by atoms with Crippen molar-refractivity contribution in [1.82, 2.24) is 9.66 Å². The van der Waals surface area contributed by atoms with Gasteiger partial charge >= 0.3 is 5.69 Å². The van der Waals surface area contributed by atoms with Crippen molar-refractivity contribution in [2.75, 3.05) is 7.11 Å². The molecule has 0 saturated heterocycles. The average Bonchev–Trinajstić information content (AvgIpc) is 3.00. The van der Waals surface area contributed by atoms with Crippen LogP contribution in [0.25, 0.3) is 22.3 Å². The topological polar surface area (TPSA) is 109 Å². The van der Waals surface area contributed by atoms with Crippen LogP contribution in [0.4, 0.5) is 5.69 Å². The first-order valence-electron chi connectivity index (χ1n) is 13.8. The molecule has 0 atom stereocenters. The maximum Gasteiger partial charge on any atom is 0.312 e. The second-order valence-electron chi connectivity index (χ2n) is 10.5. The first-order valence-corrected chi connectivity index (χ1v) is 15.3. The number of nitro groups is 1. The van der Waals surface area contributed by atoms with E-state index in [1.807, 2.05) is 25.1 Å². The molecule has 0 aliphatic carbocycles. The molecule has 12 heteroatoms. The Morgan fingerprint density at radius 1 is 1.11 bits per heavy atom. The van der Waals surface area contributed by atoms with Crippen molar-refractivity contribution in [2.45, 2.75) is 33.3 Å². The van der Waals surface area contributed by atoms with E-state index in [1.165, 1.54) is 17.0 Å². The van der Waals surface area contributed by atoms with Gasteiger partial charge in [0.2, 0.25) is 5.75 Å². The number of para-hydroxylation sites is 1. The van der Waals surface area contributed by atoms with Gasteiger partial charge in [0.1, 0.15) is 12.4 Å². The van der Waals surface area contributed by atoms with Crippen LogP contribution in [0.3, 0.4) is 0 Å². The van der Waals surface area contributed by atoms with Crippen molar-refractivity contribution in [1.29, 1.82) is 0 Å². The molecule has 0 amide bonds. The van der Waals surface area contributed by atoms with Crippen LogP contribution in [0.5, 0.6) is 11.5 Å². The molecule has 0 saturated carbocycles. The first kappa shape index (κ1) is 32.2. The van der Waals surface area contributed by atoms with Crippen LogP contribution >= 0.6 is 39.1 Å². The molecular weight excluding hydrogens is 683 g/mol. The molecule has 0 radical (unpaired) electrons. The molecule has 5 rings (SSSR count). The smallest absolute Gasteiger partial charge is 0.312 e. The van der Waals surface area contributed by atoms with Gasteiger partial charge < -0.3 is 9.47 Å². The summed E-state index contributed by atoms with van der Waals surface area (Å²) in [5, 5.41) is 17.8. The minimum atomic E-state index is -0.551. The molecule has 0 fully saturated rings. The minimum Gasteiger partial charge on any atom is -0.496 e. The number of hydrogen-bond acceptors (Lipinski definition) is 7. The number of aromatic nitrogens is 2. The van der Waals surface area contributed by atoms with Crippen LogP contribution in [0.15, 0.2) is 81.1 Å². The zero-order valence-corrected chi connectivity index (χ0v) is 27.8. The number of fused-ring (bicyclic) bond motifs is 1. The van der Waals surface area contributed by atoms with E-state index in [4.69, 9.17) is 37.7 Å². The first-order chi connectivity index (χ1) is 21.5. The fourth-order valence-corrected chi connectivity index (χ4v) is 5.88. The predicted molar refractivity (Wildman–Crippen MR) is 181 cm³/mol. The minimum absolute atomic E-state index is 0.0171. The van der Waals surface area contributed by atoms with Gasteiger partial charge in [-0.3, -0.25) is 14.9 Å². The molecule has 5 aromatic rings. The van der Waals surface area contributed by atoms with E-state index in [1.54, 1.807) is 49.6 Å². The third kappa shape index (κ3) is 6.73. The number of hydrogen-bond donors (Lipinski definition) is 0. The zero-order valence-electron chi connectivity index (χ0n) is 24.7. The summed E-state index contributed by atoms with van der Waals surface area (Å²) in [5.74, 6) is 1.22. The van der Waals surface area contributed by atoms with Crippen molar-refractivity contribution in [2.24, 2.45) is 5.10 Å². The van der Waals surface area contributed by atoms with Crippen LogP contribution in [0, 0.1) is 17.0 Å². The number of methoxy groups -OCH3 is 1. The molecule has 0 N–H and O–H groups in total. The van der Waals surface area contributed by atoms with Crippen LogP contribution < -0.4 is 15.0 Å². The van der Waals surface area contributed by atoms with E-state index in [0.29, 0.717) is 47.9 Å². The largest absolute Gasteiger partial charge is 0.496 e. The highest BCUT2D eigenvalue weighted by Gasteiger charge is 2.22. The standard InChI is InChI=1S/C33H27BrCl2N4O5/c1-18(2)24-15-25(19(3)11-30(24)44-4)32-38-28-8-6-5-7-23(28)33(41)39(32)37-16-20-12-26(34)31(29(13-20)40(42)43)45-17-21-9-10-22(35)14-27(21)36/h5-16,18H,17H2,1-4H3. The molecule has 9 nitrogen and oxygen atoms in total. The number of rotatable bonds is 9. The van der Waals surface area contributed by atoms with Gasteiger partial charge in [-0.25, -0.2) is 4.98 Å². The Hall–Kier alpha value is -4.25. The summed E-state index contributed by atoms with van der Waals surface area (Å²) in [6.07, 6.45) is 1.38. The second-order valence-corrected chi connectivity index (χ2v) is 12.2. The molecule has 4 aromatic carbocycles. The number of benzene rings is 4. The molecule has 230 valence electrons. The monoisotopic (exact) mass is 708 g/mol. The zero-order chi connectivity index (χ0) is 32.4. The molecule has 45 heavy (non-hydrogen) atoms. The molecular formula is C33H27BrCl2N4O5. The number of halogens is 3. The lowest BCUT2D eigenvalue weighted by Crippen LogP contribution is -2.20. The van der Waals surface area contributed by atoms with E-state index in [2.05, 4.69) is 34.9 Å². The third-order valence-electron chi connectivity index (χ3n) is 7.15. The molecule has 1 aromatic heterocycles. The van der Waals surface area contributed by atoms with E-state index in [0.717, 1.165) is 16.9 Å². The molecule has 0 spiro atoms. The van der Waals surface area contributed by atoms with Crippen LogP contribution in [0.1, 0.15) is 42.0 Å². The highest BCUT2D eigenvalue weighted by molar-refractivity contribution is 9.10. The van der Waals surface area contributed by atoms with E-state index in [9.17, 15) is 14.9 Å². The molecule has 0 unspecified atom stereocenters. The summed E-state index contributed by atoms with van der Waals surface area (Å²) in [6.45, 7) is 5.99. The van der Waals surface area contributed by atoms with E-state index < -0.39 is 4.92 Å². The molecule has 0 bridgehead atoms. The van der Waals surface area contributed by atoms with Crippen LogP contribution in [0.2, 0.25) is 10.0 Å². The molecule has 1 heterocycles. The lowest BCUT2D eigenvalue weighted by Gasteiger charge is -2.17. The molecule has 0 aliphatic heterocycles. The van der Waals surface area contributed by atoms with E-state index >= 15 is 0 Å². The lowest BCUT2D eigenvalue weighted by atomic mass is 9.96.